The molecule has 1 fully saturated rings. The number of piperidine rings is 1. The maximum absolute atomic E-state index is 12.3. The molecule has 0 aromatic heterocycles. The molecule has 0 saturated carbocycles. The molecule has 1 rings (SSSR count). The summed E-state index contributed by atoms with van der Waals surface area (Å²) >= 11 is 0. The average Bonchev–Trinajstić information content (AvgIpc) is 2.45. The molecule has 0 radical (unpaired) electrons. The SMILES string of the molecule is CCNCC1CCCCN1S(=O)(=O)NCCCOCC. The Morgan fingerprint density at radius 3 is 2.80 bits per heavy atom. The van der Waals surface area contributed by atoms with Crippen molar-refractivity contribution in [1.82, 2.24) is 14.3 Å². The third kappa shape index (κ3) is 6.05. The Bertz CT molecular complexity index is 349. The first-order chi connectivity index (χ1) is 9.61. The van der Waals surface area contributed by atoms with Crippen LogP contribution >= 0.6 is 0 Å². The number of nitrogens with zero attached hydrogens (tertiary/aromatic N) is 1. The highest BCUT2D eigenvalue weighted by Gasteiger charge is 2.31. The maximum atomic E-state index is 12.3. The van der Waals surface area contributed by atoms with Gasteiger partial charge in [0.1, 0.15) is 0 Å². The molecule has 0 spiro atoms. The summed E-state index contributed by atoms with van der Waals surface area (Å²) in [4.78, 5) is 0. The van der Waals surface area contributed by atoms with Gasteiger partial charge in [0.05, 0.1) is 0 Å². The van der Waals surface area contributed by atoms with E-state index in [4.69, 9.17) is 4.74 Å². The van der Waals surface area contributed by atoms with Gasteiger partial charge in [0.15, 0.2) is 0 Å². The van der Waals surface area contributed by atoms with Crippen molar-refractivity contribution in [2.75, 3.05) is 39.4 Å². The molecule has 0 aliphatic carbocycles. The van der Waals surface area contributed by atoms with Crippen LogP contribution in [0, 0.1) is 0 Å². The molecule has 2 N–H and O–H groups in total. The van der Waals surface area contributed by atoms with Crippen LogP contribution in [0.25, 0.3) is 0 Å². The first-order valence-electron chi connectivity index (χ1n) is 7.66. The molecule has 1 heterocycles. The molecular weight excluding hydrogens is 278 g/mol. The van der Waals surface area contributed by atoms with Crippen molar-refractivity contribution >= 4 is 10.2 Å². The monoisotopic (exact) mass is 307 g/mol. The summed E-state index contributed by atoms with van der Waals surface area (Å²) in [5.74, 6) is 0. The van der Waals surface area contributed by atoms with Crippen LogP contribution < -0.4 is 10.0 Å². The van der Waals surface area contributed by atoms with Crippen molar-refractivity contribution in [3.05, 3.63) is 0 Å². The van der Waals surface area contributed by atoms with Gasteiger partial charge in [0, 0.05) is 38.9 Å². The van der Waals surface area contributed by atoms with Gasteiger partial charge in [-0.25, -0.2) is 4.72 Å². The molecule has 0 bridgehead atoms. The fourth-order valence-corrected chi connectivity index (χ4v) is 3.92. The van der Waals surface area contributed by atoms with E-state index in [9.17, 15) is 8.42 Å². The molecule has 1 saturated heterocycles. The van der Waals surface area contributed by atoms with Crippen LogP contribution in [0.15, 0.2) is 0 Å². The summed E-state index contributed by atoms with van der Waals surface area (Å²) in [6.45, 7) is 7.90. The van der Waals surface area contributed by atoms with Crippen LogP contribution in [0.2, 0.25) is 0 Å². The third-order valence-electron chi connectivity index (χ3n) is 3.47. The maximum Gasteiger partial charge on any atom is 0.279 e. The van der Waals surface area contributed by atoms with Crippen molar-refractivity contribution in [3.63, 3.8) is 0 Å². The smallest absolute Gasteiger partial charge is 0.279 e. The lowest BCUT2D eigenvalue weighted by molar-refractivity contribution is 0.145. The van der Waals surface area contributed by atoms with Crippen LogP contribution in [0.1, 0.15) is 39.5 Å². The van der Waals surface area contributed by atoms with E-state index in [0.29, 0.717) is 32.7 Å². The van der Waals surface area contributed by atoms with Crippen LogP contribution in [0.5, 0.6) is 0 Å². The molecule has 0 amide bonds. The van der Waals surface area contributed by atoms with E-state index >= 15 is 0 Å². The minimum atomic E-state index is -3.36. The van der Waals surface area contributed by atoms with Gasteiger partial charge in [0.25, 0.3) is 10.2 Å². The largest absolute Gasteiger partial charge is 0.382 e. The molecular formula is C13H29N3O3S. The molecule has 120 valence electrons. The number of nitrogens with one attached hydrogen (secondary N) is 2. The van der Waals surface area contributed by atoms with Crippen molar-refractivity contribution in [2.45, 2.75) is 45.6 Å². The zero-order valence-electron chi connectivity index (χ0n) is 12.7. The summed E-state index contributed by atoms with van der Waals surface area (Å²) in [5.41, 5.74) is 0. The van der Waals surface area contributed by atoms with Crippen molar-refractivity contribution in [2.24, 2.45) is 0 Å². The Kier molecular flexibility index (Phi) is 8.63. The Morgan fingerprint density at radius 2 is 2.10 bits per heavy atom. The minimum absolute atomic E-state index is 0.0769. The van der Waals surface area contributed by atoms with Crippen molar-refractivity contribution in [1.29, 1.82) is 0 Å². The van der Waals surface area contributed by atoms with Gasteiger partial charge in [-0.15, -0.1) is 0 Å². The molecule has 1 atom stereocenters. The summed E-state index contributed by atoms with van der Waals surface area (Å²) in [7, 11) is -3.36. The fourth-order valence-electron chi connectivity index (χ4n) is 2.41. The summed E-state index contributed by atoms with van der Waals surface area (Å²) in [6.07, 6.45) is 3.69. The van der Waals surface area contributed by atoms with Gasteiger partial charge in [-0.1, -0.05) is 13.3 Å². The summed E-state index contributed by atoms with van der Waals surface area (Å²) < 4.78 is 34.2. The molecule has 20 heavy (non-hydrogen) atoms. The zero-order valence-corrected chi connectivity index (χ0v) is 13.5. The predicted octanol–water partition coefficient (Wildman–Crippen LogP) is 0.711. The number of likely N-dealkylation sites (N-methyl/N-ethyl adjacent to an activating group) is 1. The van der Waals surface area contributed by atoms with E-state index in [2.05, 4.69) is 10.0 Å². The Morgan fingerprint density at radius 1 is 1.30 bits per heavy atom. The predicted molar refractivity (Wildman–Crippen MR) is 80.9 cm³/mol. The number of hydrogen-bond acceptors (Lipinski definition) is 4. The quantitative estimate of drug-likeness (QED) is 0.583. The molecule has 1 aliphatic rings. The molecule has 0 aromatic rings. The van der Waals surface area contributed by atoms with Gasteiger partial charge in [-0.3, -0.25) is 0 Å². The van der Waals surface area contributed by atoms with E-state index in [1.54, 1.807) is 4.31 Å². The van der Waals surface area contributed by atoms with E-state index in [1.807, 2.05) is 13.8 Å². The fraction of sp³-hybridized carbons (Fsp3) is 1.00. The lowest BCUT2D eigenvalue weighted by atomic mass is 10.1. The van der Waals surface area contributed by atoms with Crippen LogP contribution in [-0.4, -0.2) is 58.2 Å². The topological polar surface area (TPSA) is 70.7 Å². The first kappa shape index (κ1) is 17.8. The van der Waals surface area contributed by atoms with Crippen LogP contribution in [0.3, 0.4) is 0 Å². The lowest BCUT2D eigenvalue weighted by Crippen LogP contribution is -2.52. The summed E-state index contributed by atoms with van der Waals surface area (Å²) in [5, 5.41) is 3.25. The molecule has 7 heteroatoms. The van der Waals surface area contributed by atoms with Gasteiger partial charge >= 0.3 is 0 Å². The highest BCUT2D eigenvalue weighted by atomic mass is 32.2. The van der Waals surface area contributed by atoms with E-state index in [-0.39, 0.29) is 6.04 Å². The van der Waals surface area contributed by atoms with Crippen LogP contribution in [-0.2, 0) is 14.9 Å². The zero-order chi connectivity index (χ0) is 14.8. The van der Waals surface area contributed by atoms with Crippen molar-refractivity contribution in [3.8, 4) is 0 Å². The van der Waals surface area contributed by atoms with Crippen molar-refractivity contribution < 1.29 is 13.2 Å². The Balaban J connectivity index is 2.45. The Hall–Kier alpha value is -0.210. The second kappa shape index (κ2) is 9.68. The number of ether oxygens (including phenoxy) is 1. The first-order valence-corrected chi connectivity index (χ1v) is 9.10. The minimum Gasteiger partial charge on any atom is -0.382 e. The van der Waals surface area contributed by atoms with E-state index in [0.717, 1.165) is 32.4 Å². The normalized spacial score (nSPS) is 21.2. The number of hydrogen-bond donors (Lipinski definition) is 2. The third-order valence-corrected chi connectivity index (χ3v) is 5.13. The standard InChI is InChI=1S/C13H29N3O3S/c1-3-14-12-13-8-5-6-10-16(13)20(17,18)15-9-7-11-19-4-2/h13-15H,3-12H2,1-2H3. The lowest BCUT2D eigenvalue weighted by Gasteiger charge is -2.34. The van der Waals surface area contributed by atoms with Crippen LogP contribution in [0.4, 0.5) is 0 Å². The van der Waals surface area contributed by atoms with E-state index < -0.39 is 10.2 Å². The van der Waals surface area contributed by atoms with Gasteiger partial charge < -0.3 is 10.1 Å². The highest BCUT2D eigenvalue weighted by Crippen LogP contribution is 2.19. The Labute approximate surface area is 123 Å². The van der Waals surface area contributed by atoms with E-state index in [1.165, 1.54) is 0 Å². The number of rotatable bonds is 10. The average molecular weight is 307 g/mol. The molecule has 6 nitrogen and oxygen atoms in total. The molecule has 0 aromatic carbocycles. The highest BCUT2D eigenvalue weighted by molar-refractivity contribution is 7.87. The molecule has 1 unspecified atom stereocenters. The summed E-state index contributed by atoms with van der Waals surface area (Å²) in [6, 6.07) is 0.0769. The van der Waals surface area contributed by atoms with Gasteiger partial charge in [-0.2, -0.15) is 12.7 Å². The molecule has 1 aliphatic heterocycles. The van der Waals surface area contributed by atoms with Gasteiger partial charge in [-0.05, 0) is 32.7 Å². The second-order valence-corrected chi connectivity index (χ2v) is 6.73. The van der Waals surface area contributed by atoms with Gasteiger partial charge in [0.2, 0.25) is 0 Å². The second-order valence-electron chi connectivity index (χ2n) is 5.02.